The Balaban J connectivity index is 2.61. The first-order valence-electron chi connectivity index (χ1n) is 1.47. The van der Waals surface area contributed by atoms with Crippen molar-refractivity contribution in [2.75, 3.05) is 0 Å². The Morgan fingerprint density at radius 3 is 1.80 bits per heavy atom. The molecule has 0 saturated carbocycles. The molecular weight excluding hydrogens is 257 g/mol. The first kappa shape index (κ1) is 3.56. The Morgan fingerprint density at radius 2 is 1.60 bits per heavy atom. The Hall–Kier alpha value is 0.376. The average molecular weight is 261 g/mol. The van der Waals surface area contributed by atoms with Crippen molar-refractivity contribution < 1.29 is 0 Å². The normalized spacial score (nSPS) is 17.6. The van der Waals surface area contributed by atoms with Crippen LogP contribution in [0.5, 0.6) is 0 Å². The van der Waals surface area contributed by atoms with Gasteiger partial charge in [0.2, 0.25) is 0 Å². The number of rotatable bonds is 0. The Bertz CT molecular complexity index is 61.7. The van der Waals surface area contributed by atoms with Crippen molar-refractivity contribution in [1.29, 1.82) is 0 Å². The predicted molar refractivity (Wildman–Crippen MR) is 24.0 cm³/mol. The van der Waals surface area contributed by atoms with Crippen LogP contribution in [0.2, 0.25) is 0 Å². The fraction of sp³-hybridized carbons (Fsp3) is 0. The van der Waals surface area contributed by atoms with Crippen LogP contribution in [0, 0.1) is 0 Å². The van der Waals surface area contributed by atoms with Crippen molar-refractivity contribution in [2.24, 2.45) is 0 Å². The summed E-state index contributed by atoms with van der Waals surface area (Å²) >= 11 is -0.00926. The summed E-state index contributed by atoms with van der Waals surface area (Å²) in [5, 5.41) is 0. The van der Waals surface area contributed by atoms with E-state index in [9.17, 15) is 0 Å². The minimum atomic E-state index is -0.00926. The van der Waals surface area contributed by atoms with E-state index in [0.29, 0.717) is 0 Å². The van der Waals surface area contributed by atoms with Crippen LogP contribution in [0.1, 0.15) is 0 Å². The van der Waals surface area contributed by atoms with Crippen LogP contribution >= 0.6 is 0 Å². The molecule has 0 amide bonds. The molecule has 0 unspecified atom stereocenters. The van der Waals surface area contributed by atoms with Crippen LogP contribution in [-0.2, 0) is 0 Å². The number of hydrogen-bond acceptors (Lipinski definition) is 0. The molecule has 0 saturated heterocycles. The molecule has 1 heterocycles. The maximum atomic E-state index is 2.29. The maximum absolute atomic E-state index is 2.29. The fourth-order valence-electron chi connectivity index (χ4n) is 0.227. The van der Waals surface area contributed by atoms with Crippen LogP contribution in [0.25, 0.3) is 0 Å². The molecule has 0 aromatic carbocycles. The molecule has 1 heteroatoms. The van der Waals surface area contributed by atoms with Gasteiger partial charge >= 0.3 is 43.2 Å². The first-order valence-corrected chi connectivity index (χ1v) is 5.14. The summed E-state index contributed by atoms with van der Waals surface area (Å²) < 4.78 is 4.58. The van der Waals surface area contributed by atoms with Crippen LogP contribution in [0.3, 0.4) is 0 Å². The van der Waals surface area contributed by atoms with Gasteiger partial charge in [-0.2, -0.15) is 0 Å². The van der Waals surface area contributed by atoms with E-state index >= 15 is 0 Å². The molecule has 0 aromatic rings. The molecule has 0 aliphatic carbocycles. The summed E-state index contributed by atoms with van der Waals surface area (Å²) in [6, 6.07) is 0. The van der Waals surface area contributed by atoms with E-state index < -0.39 is 0 Å². The van der Waals surface area contributed by atoms with Crippen molar-refractivity contribution in [3.8, 4) is 0 Å². The molecule has 26 valence electrons. The van der Waals surface area contributed by atoms with Crippen molar-refractivity contribution >= 4 is 23.6 Å². The quantitative estimate of drug-likeness (QED) is 0.603. The van der Waals surface area contributed by atoms with E-state index in [-0.39, 0.29) is 23.6 Å². The molecule has 0 N–H and O–H groups in total. The van der Waals surface area contributed by atoms with Gasteiger partial charge in [-0.3, -0.25) is 0 Å². The third-order valence-corrected chi connectivity index (χ3v) is 2.87. The van der Waals surface area contributed by atoms with E-state index in [4.69, 9.17) is 0 Å². The molecule has 0 atom stereocenters. The van der Waals surface area contributed by atoms with Gasteiger partial charge in [0, 0.05) is 0 Å². The summed E-state index contributed by atoms with van der Waals surface area (Å²) in [5.41, 5.74) is 0. The molecule has 1 rings (SSSR count). The van der Waals surface area contributed by atoms with Gasteiger partial charge < -0.3 is 0 Å². The third kappa shape index (κ3) is 0.855. The van der Waals surface area contributed by atoms with Crippen LogP contribution < -0.4 is 0 Å². The fourth-order valence-corrected chi connectivity index (χ4v) is 1.99. The Morgan fingerprint density at radius 1 is 1.00 bits per heavy atom. The number of allylic oxidation sites excluding steroid dienone is 2. The van der Waals surface area contributed by atoms with Gasteiger partial charge in [-0.25, -0.2) is 0 Å². The summed E-state index contributed by atoms with van der Waals surface area (Å²) in [7, 11) is 0. The van der Waals surface area contributed by atoms with Gasteiger partial charge in [0.15, 0.2) is 0 Å². The van der Waals surface area contributed by atoms with Crippen molar-refractivity contribution in [2.45, 2.75) is 0 Å². The standard InChI is InChI=1S/C4H4.Po/c1-3-4-2;/h1-4H;. The average Bonchev–Trinajstić information content (AvgIpc) is 1.76. The molecule has 0 aromatic heterocycles. The summed E-state index contributed by atoms with van der Waals surface area (Å²) in [5.74, 6) is 0. The SMILES string of the molecule is C1=[CH][Po][CH]=C1. The molecule has 0 radical (unpaired) electrons. The van der Waals surface area contributed by atoms with Crippen molar-refractivity contribution in [3.63, 3.8) is 0 Å². The topological polar surface area (TPSA) is 0 Å². The van der Waals surface area contributed by atoms with Gasteiger partial charge in [-0.1, -0.05) is 0 Å². The third-order valence-electron chi connectivity index (χ3n) is 0.425. The monoisotopic (exact) mass is 261 g/mol. The molecule has 0 spiro atoms. The van der Waals surface area contributed by atoms with Crippen LogP contribution in [-0.4, -0.2) is 23.6 Å². The van der Waals surface area contributed by atoms with E-state index in [1.54, 1.807) is 0 Å². The summed E-state index contributed by atoms with van der Waals surface area (Å²) in [6.07, 6.45) is 4.26. The molecular formula is C4H4Po. The zero-order chi connectivity index (χ0) is 3.54. The minimum absolute atomic E-state index is 0.00926. The van der Waals surface area contributed by atoms with Crippen LogP contribution in [0.4, 0.5) is 0 Å². The predicted octanol–water partition coefficient (Wildman–Crippen LogP) is 0.732. The second-order valence-electron chi connectivity index (χ2n) is 0.793. The molecule has 0 fully saturated rings. The zero-order valence-corrected chi connectivity index (χ0v) is 5.89. The van der Waals surface area contributed by atoms with Gasteiger partial charge in [0.25, 0.3) is 0 Å². The molecule has 1 aliphatic rings. The van der Waals surface area contributed by atoms with Crippen molar-refractivity contribution in [3.05, 3.63) is 19.6 Å². The van der Waals surface area contributed by atoms with Crippen molar-refractivity contribution in [1.82, 2.24) is 0 Å². The molecule has 1 aliphatic heterocycles. The van der Waals surface area contributed by atoms with Gasteiger partial charge in [0.1, 0.15) is 0 Å². The second-order valence-corrected chi connectivity index (χ2v) is 3.97. The molecule has 5 heavy (non-hydrogen) atoms. The molecule has 0 nitrogen and oxygen atoms in total. The molecule has 0 bridgehead atoms. The Kier molecular flexibility index (Phi) is 1.23. The summed E-state index contributed by atoms with van der Waals surface area (Å²) in [6.45, 7) is 0. The van der Waals surface area contributed by atoms with E-state index in [0.717, 1.165) is 0 Å². The van der Waals surface area contributed by atoms with Gasteiger partial charge in [0.05, 0.1) is 0 Å². The Labute approximate surface area is 43.4 Å². The second kappa shape index (κ2) is 1.73. The van der Waals surface area contributed by atoms with E-state index in [2.05, 4.69) is 19.6 Å². The van der Waals surface area contributed by atoms with E-state index in [1.807, 2.05) is 0 Å². The summed E-state index contributed by atoms with van der Waals surface area (Å²) in [4.78, 5) is 0. The van der Waals surface area contributed by atoms with Gasteiger partial charge in [-0.15, -0.1) is 0 Å². The van der Waals surface area contributed by atoms with Crippen LogP contribution in [0.15, 0.2) is 19.6 Å². The number of hydrogen-bond donors (Lipinski definition) is 0. The van der Waals surface area contributed by atoms with Gasteiger partial charge in [-0.05, 0) is 0 Å². The van der Waals surface area contributed by atoms with E-state index in [1.165, 1.54) is 0 Å². The zero-order valence-electron chi connectivity index (χ0n) is 2.72. The first-order chi connectivity index (χ1) is 2.50.